The highest BCUT2D eigenvalue weighted by Gasteiger charge is 2.38. The first-order valence-electron chi connectivity index (χ1n) is 7.00. The molecular formula is C15H20N2O2S. The Hall–Kier alpha value is -1.49. The maximum absolute atomic E-state index is 12.2. The molecule has 1 aromatic rings. The lowest BCUT2D eigenvalue weighted by Gasteiger charge is -2.16. The number of carbonyl (C=O) groups is 2. The number of carbonyl (C=O) groups excluding carboxylic acids is 2. The molecule has 1 aliphatic heterocycles. The van der Waals surface area contributed by atoms with E-state index in [1.54, 1.807) is 11.8 Å². The lowest BCUT2D eigenvalue weighted by Crippen LogP contribution is -2.35. The van der Waals surface area contributed by atoms with Gasteiger partial charge in [0.05, 0.1) is 6.42 Å². The third-order valence-electron chi connectivity index (χ3n) is 3.21. The molecule has 0 bridgehead atoms. The van der Waals surface area contributed by atoms with E-state index in [0.717, 1.165) is 22.8 Å². The van der Waals surface area contributed by atoms with Crippen LogP contribution < -0.4 is 5.32 Å². The summed E-state index contributed by atoms with van der Waals surface area (Å²) in [5, 5.41) is 3.23. The van der Waals surface area contributed by atoms with E-state index in [9.17, 15) is 9.59 Å². The van der Waals surface area contributed by atoms with E-state index in [-0.39, 0.29) is 18.2 Å². The normalized spacial score (nSPS) is 18.7. The van der Waals surface area contributed by atoms with Crippen LogP contribution in [0.4, 0.5) is 5.69 Å². The number of hydrogen-bond acceptors (Lipinski definition) is 4. The van der Waals surface area contributed by atoms with Gasteiger partial charge in [0, 0.05) is 17.1 Å². The maximum Gasteiger partial charge on any atom is 0.252 e. The Bertz CT molecular complexity index is 504. The fraction of sp³-hybridized carbons (Fsp3) is 0.467. The summed E-state index contributed by atoms with van der Waals surface area (Å²) in [4.78, 5) is 26.5. The van der Waals surface area contributed by atoms with Crippen molar-refractivity contribution in [1.82, 2.24) is 4.90 Å². The summed E-state index contributed by atoms with van der Waals surface area (Å²) in [6.07, 6.45) is 1.05. The van der Waals surface area contributed by atoms with Gasteiger partial charge in [-0.05, 0) is 24.3 Å². The Labute approximate surface area is 123 Å². The monoisotopic (exact) mass is 292 g/mol. The van der Waals surface area contributed by atoms with E-state index >= 15 is 0 Å². The first-order chi connectivity index (χ1) is 9.67. The van der Waals surface area contributed by atoms with Crippen LogP contribution in [-0.2, 0) is 9.59 Å². The number of nitrogens with one attached hydrogen (secondary N) is 1. The number of benzene rings is 1. The molecule has 1 aromatic carbocycles. The lowest BCUT2D eigenvalue weighted by molar-refractivity contribution is -0.138. The summed E-state index contributed by atoms with van der Waals surface area (Å²) in [5.74, 6) is 0.793. The van der Waals surface area contributed by atoms with Crippen molar-refractivity contribution in [3.05, 3.63) is 24.3 Å². The van der Waals surface area contributed by atoms with E-state index in [2.05, 4.69) is 12.2 Å². The molecule has 1 unspecified atom stereocenters. The summed E-state index contributed by atoms with van der Waals surface area (Å²) in [7, 11) is 0. The number of nitrogens with zero attached hydrogens (tertiary/aromatic N) is 1. The molecule has 0 aliphatic carbocycles. The summed E-state index contributed by atoms with van der Waals surface area (Å²) in [5.41, 5.74) is 0.934. The van der Waals surface area contributed by atoms with Gasteiger partial charge < -0.3 is 5.32 Å². The average Bonchev–Trinajstić information content (AvgIpc) is 2.69. The molecule has 1 aliphatic rings. The van der Waals surface area contributed by atoms with Crippen LogP contribution in [-0.4, -0.2) is 35.1 Å². The minimum absolute atomic E-state index is 0.0741. The highest BCUT2D eigenvalue weighted by Crippen LogP contribution is 2.28. The van der Waals surface area contributed by atoms with Crippen molar-refractivity contribution in [3.8, 4) is 0 Å². The molecule has 5 heteroatoms. The Morgan fingerprint density at radius 2 is 2.05 bits per heavy atom. The third-order valence-corrected chi connectivity index (χ3v) is 4.16. The molecule has 2 amide bonds. The van der Waals surface area contributed by atoms with Crippen molar-refractivity contribution in [2.45, 2.75) is 37.6 Å². The van der Waals surface area contributed by atoms with Crippen molar-refractivity contribution in [3.63, 3.8) is 0 Å². The van der Waals surface area contributed by atoms with Gasteiger partial charge >= 0.3 is 0 Å². The number of imide groups is 1. The number of amides is 2. The Morgan fingerprint density at radius 1 is 1.30 bits per heavy atom. The van der Waals surface area contributed by atoms with Crippen LogP contribution in [0.1, 0.15) is 26.7 Å². The maximum atomic E-state index is 12.2. The van der Waals surface area contributed by atoms with Gasteiger partial charge in [-0.15, -0.1) is 11.8 Å². The number of para-hydroxylation sites is 1. The van der Waals surface area contributed by atoms with E-state index in [1.807, 2.05) is 31.2 Å². The van der Waals surface area contributed by atoms with Gasteiger partial charge in [-0.3, -0.25) is 14.5 Å². The van der Waals surface area contributed by atoms with Crippen LogP contribution >= 0.6 is 11.8 Å². The van der Waals surface area contributed by atoms with Gasteiger partial charge in [-0.25, -0.2) is 0 Å². The van der Waals surface area contributed by atoms with Gasteiger partial charge in [0.25, 0.3) is 5.91 Å². The first-order valence-corrected chi connectivity index (χ1v) is 7.98. The van der Waals surface area contributed by atoms with Gasteiger partial charge in [-0.1, -0.05) is 26.0 Å². The molecule has 0 aromatic heterocycles. The molecule has 108 valence electrons. The molecule has 1 atom stereocenters. The zero-order chi connectivity index (χ0) is 14.5. The van der Waals surface area contributed by atoms with Crippen LogP contribution in [0.5, 0.6) is 0 Å². The van der Waals surface area contributed by atoms with Crippen molar-refractivity contribution in [2.75, 3.05) is 17.6 Å². The zero-order valence-corrected chi connectivity index (χ0v) is 12.7. The quantitative estimate of drug-likeness (QED) is 0.647. The topological polar surface area (TPSA) is 49.4 Å². The summed E-state index contributed by atoms with van der Waals surface area (Å²) >= 11 is 1.73. The molecule has 1 saturated heterocycles. The number of anilines is 1. The third kappa shape index (κ3) is 3.15. The molecule has 0 radical (unpaired) electrons. The Balaban J connectivity index is 2.11. The van der Waals surface area contributed by atoms with Crippen molar-refractivity contribution < 1.29 is 9.59 Å². The fourth-order valence-corrected chi connectivity index (χ4v) is 3.08. The minimum atomic E-state index is -0.423. The van der Waals surface area contributed by atoms with E-state index in [0.29, 0.717) is 6.54 Å². The summed E-state index contributed by atoms with van der Waals surface area (Å²) in [6.45, 7) is 4.57. The van der Waals surface area contributed by atoms with Crippen LogP contribution in [0, 0.1) is 0 Å². The molecule has 20 heavy (non-hydrogen) atoms. The fourth-order valence-electron chi connectivity index (χ4n) is 2.31. The predicted octanol–water partition coefficient (Wildman–Crippen LogP) is 2.75. The number of likely N-dealkylation sites (tertiary alicyclic amines) is 1. The predicted molar refractivity (Wildman–Crippen MR) is 81.9 cm³/mol. The van der Waals surface area contributed by atoms with E-state index in [4.69, 9.17) is 0 Å². The number of hydrogen-bond donors (Lipinski definition) is 1. The average molecular weight is 292 g/mol. The van der Waals surface area contributed by atoms with Crippen molar-refractivity contribution in [1.29, 1.82) is 0 Å². The van der Waals surface area contributed by atoms with Crippen molar-refractivity contribution >= 4 is 29.3 Å². The van der Waals surface area contributed by atoms with Crippen LogP contribution in [0.2, 0.25) is 0 Å². The molecule has 0 saturated carbocycles. The zero-order valence-electron chi connectivity index (χ0n) is 11.9. The van der Waals surface area contributed by atoms with E-state index in [1.165, 1.54) is 4.90 Å². The number of rotatable bonds is 6. The SMILES string of the molecule is CCCN1C(=O)CC(Nc2ccccc2SCC)C1=O. The highest BCUT2D eigenvalue weighted by molar-refractivity contribution is 7.99. The summed E-state index contributed by atoms with van der Waals surface area (Å²) < 4.78 is 0. The van der Waals surface area contributed by atoms with Gasteiger partial charge in [0.15, 0.2) is 0 Å². The smallest absolute Gasteiger partial charge is 0.252 e. The minimum Gasteiger partial charge on any atom is -0.372 e. The Morgan fingerprint density at radius 3 is 2.75 bits per heavy atom. The summed E-state index contributed by atoms with van der Waals surface area (Å²) in [6, 6.07) is 7.48. The second-order valence-corrected chi connectivity index (χ2v) is 6.02. The molecule has 0 spiro atoms. The highest BCUT2D eigenvalue weighted by atomic mass is 32.2. The molecular weight excluding hydrogens is 272 g/mol. The van der Waals surface area contributed by atoms with Gasteiger partial charge in [-0.2, -0.15) is 0 Å². The molecule has 1 N–H and O–H groups in total. The Kier molecular flexibility index (Phi) is 5.06. The second kappa shape index (κ2) is 6.79. The largest absolute Gasteiger partial charge is 0.372 e. The van der Waals surface area contributed by atoms with Crippen LogP contribution in [0.15, 0.2) is 29.2 Å². The standard InChI is InChI=1S/C15H20N2O2S/c1-3-9-17-14(18)10-12(15(17)19)16-11-7-5-6-8-13(11)20-4-2/h5-8,12,16H,3-4,9-10H2,1-2H3. The second-order valence-electron chi connectivity index (χ2n) is 4.71. The molecule has 1 fully saturated rings. The number of thioether (sulfide) groups is 1. The van der Waals surface area contributed by atoms with Crippen LogP contribution in [0.25, 0.3) is 0 Å². The first kappa shape index (κ1) is 14.9. The van der Waals surface area contributed by atoms with Gasteiger partial charge in [0.2, 0.25) is 5.91 Å². The molecule has 1 heterocycles. The lowest BCUT2D eigenvalue weighted by atomic mass is 10.2. The molecule has 2 rings (SSSR count). The van der Waals surface area contributed by atoms with Gasteiger partial charge in [0.1, 0.15) is 6.04 Å². The van der Waals surface area contributed by atoms with Crippen LogP contribution in [0.3, 0.4) is 0 Å². The molecule has 4 nitrogen and oxygen atoms in total. The van der Waals surface area contributed by atoms with E-state index < -0.39 is 6.04 Å². The van der Waals surface area contributed by atoms with Crippen molar-refractivity contribution in [2.24, 2.45) is 0 Å².